The second-order valence-corrected chi connectivity index (χ2v) is 7.88. The Bertz CT molecular complexity index is 817. The Morgan fingerprint density at radius 3 is 1.68 bits per heavy atom. The molecule has 0 heterocycles. The van der Waals surface area contributed by atoms with Crippen LogP contribution < -0.4 is 10.4 Å². The highest BCUT2D eigenvalue weighted by Gasteiger charge is 2.17. The van der Waals surface area contributed by atoms with Gasteiger partial charge in [0.1, 0.15) is 0 Å². The lowest BCUT2D eigenvalue weighted by atomic mass is 10.1. The zero-order valence-corrected chi connectivity index (χ0v) is 13.2. The van der Waals surface area contributed by atoms with E-state index in [9.17, 15) is 0 Å². The Balaban J connectivity index is 2.01. The summed E-state index contributed by atoms with van der Waals surface area (Å²) >= 11 is 0. The summed E-state index contributed by atoms with van der Waals surface area (Å²) in [6.07, 6.45) is 4.57. The van der Waals surface area contributed by atoms with Crippen LogP contribution in [0, 0.1) is 0 Å². The van der Waals surface area contributed by atoms with Crippen molar-refractivity contribution in [2.24, 2.45) is 0 Å². The second kappa shape index (κ2) is 5.70. The largest absolute Gasteiger partial charge is 0.0884 e. The smallest absolute Gasteiger partial charge is 0.0623 e. The third-order valence-electron chi connectivity index (χ3n) is 4.07. The zero-order chi connectivity index (χ0) is 14.8. The maximum atomic E-state index is 2.32. The van der Waals surface area contributed by atoms with Crippen LogP contribution in [0.2, 0.25) is 0 Å². The van der Waals surface area contributed by atoms with Crippen molar-refractivity contribution in [2.45, 2.75) is 0 Å². The van der Waals surface area contributed by atoms with Crippen molar-refractivity contribution in [3.8, 4) is 0 Å². The Hall–Kier alpha value is -2.51. The van der Waals surface area contributed by atoms with Crippen molar-refractivity contribution in [1.82, 2.24) is 0 Å². The molecule has 1 aliphatic carbocycles. The lowest BCUT2D eigenvalue weighted by Crippen LogP contribution is -2.39. The number of benzene rings is 3. The first kappa shape index (κ1) is 13.2. The molecule has 0 aromatic heterocycles. The van der Waals surface area contributed by atoms with Gasteiger partial charge < -0.3 is 0 Å². The SMILES string of the molecule is C1=Cc2ccccc2C1=[Si](c1ccccc1)c1ccccc1. The van der Waals surface area contributed by atoms with Crippen molar-refractivity contribution in [3.63, 3.8) is 0 Å². The average molecular weight is 296 g/mol. The van der Waals surface area contributed by atoms with Gasteiger partial charge in [-0.2, -0.15) is 0 Å². The van der Waals surface area contributed by atoms with Gasteiger partial charge in [0.05, 0.1) is 8.41 Å². The maximum Gasteiger partial charge on any atom is 0.0884 e. The van der Waals surface area contributed by atoms with Gasteiger partial charge in [0.2, 0.25) is 0 Å². The molecule has 4 rings (SSSR count). The van der Waals surface area contributed by atoms with E-state index in [0.717, 1.165) is 0 Å². The van der Waals surface area contributed by atoms with E-state index in [2.05, 4.69) is 97.1 Å². The Morgan fingerprint density at radius 2 is 1.05 bits per heavy atom. The number of hydrogen-bond acceptors (Lipinski definition) is 0. The summed E-state index contributed by atoms with van der Waals surface area (Å²) in [4.78, 5) is 0. The van der Waals surface area contributed by atoms with Crippen molar-refractivity contribution in [3.05, 3.63) is 102 Å². The van der Waals surface area contributed by atoms with Gasteiger partial charge in [0, 0.05) is 0 Å². The molecule has 3 aromatic carbocycles. The molecule has 3 aromatic rings. The van der Waals surface area contributed by atoms with Gasteiger partial charge in [-0.3, -0.25) is 0 Å². The molecule has 0 bridgehead atoms. The van der Waals surface area contributed by atoms with E-state index in [-0.39, 0.29) is 0 Å². The molecular weight excluding hydrogens is 280 g/mol. The summed E-state index contributed by atoms with van der Waals surface area (Å²) in [6.45, 7) is 0. The third-order valence-corrected chi connectivity index (χ3v) is 6.87. The number of rotatable bonds is 2. The molecule has 0 fully saturated rings. The summed E-state index contributed by atoms with van der Waals surface area (Å²) < 4.78 is 0. The molecule has 0 atom stereocenters. The average Bonchev–Trinajstić information content (AvgIpc) is 3.01. The van der Waals surface area contributed by atoms with Crippen molar-refractivity contribution >= 4 is 30.0 Å². The van der Waals surface area contributed by atoms with E-state index in [1.165, 1.54) is 26.7 Å². The predicted octanol–water partition coefficient (Wildman–Crippen LogP) is 3.12. The molecule has 0 nitrogen and oxygen atoms in total. The van der Waals surface area contributed by atoms with Crippen LogP contribution in [0.5, 0.6) is 0 Å². The molecule has 0 radical (unpaired) electrons. The van der Waals surface area contributed by atoms with Crippen LogP contribution in [0.4, 0.5) is 0 Å². The predicted molar refractivity (Wildman–Crippen MR) is 97.5 cm³/mol. The van der Waals surface area contributed by atoms with Crippen LogP contribution in [0.15, 0.2) is 91.0 Å². The molecule has 1 aliphatic rings. The van der Waals surface area contributed by atoms with Gasteiger partial charge in [0.15, 0.2) is 0 Å². The summed E-state index contributed by atoms with van der Waals surface area (Å²) in [5, 5.41) is 4.36. The molecule has 0 aliphatic heterocycles. The number of hydrogen-bond donors (Lipinski definition) is 0. The molecule has 0 amide bonds. The fourth-order valence-electron chi connectivity index (χ4n) is 3.06. The van der Waals surface area contributed by atoms with Crippen molar-refractivity contribution < 1.29 is 0 Å². The van der Waals surface area contributed by atoms with Crippen LogP contribution in [-0.4, -0.2) is 13.6 Å². The minimum absolute atomic E-state index is 0.959. The van der Waals surface area contributed by atoms with Crippen molar-refractivity contribution in [2.75, 3.05) is 0 Å². The van der Waals surface area contributed by atoms with Crippen LogP contribution in [-0.2, 0) is 0 Å². The minimum Gasteiger partial charge on any atom is -0.0623 e. The van der Waals surface area contributed by atoms with E-state index < -0.39 is 8.41 Å². The summed E-state index contributed by atoms with van der Waals surface area (Å²) in [5.74, 6) is 0. The fraction of sp³-hybridized carbons (Fsp3) is 0. The van der Waals surface area contributed by atoms with E-state index in [4.69, 9.17) is 0 Å². The lowest BCUT2D eigenvalue weighted by Gasteiger charge is -2.12. The van der Waals surface area contributed by atoms with Crippen molar-refractivity contribution in [1.29, 1.82) is 0 Å². The monoisotopic (exact) mass is 296 g/mol. The summed E-state index contributed by atoms with van der Waals surface area (Å²) in [6, 6.07) is 30.6. The van der Waals surface area contributed by atoms with E-state index >= 15 is 0 Å². The molecule has 0 saturated heterocycles. The Morgan fingerprint density at radius 1 is 0.500 bits per heavy atom. The van der Waals surface area contributed by atoms with E-state index in [0.29, 0.717) is 0 Å². The molecule has 104 valence electrons. The van der Waals surface area contributed by atoms with Crippen LogP contribution >= 0.6 is 0 Å². The standard InChI is InChI=1S/C21H16Si/c1-3-10-18(11-4-1)22(19-12-5-2-6-13-19)21-16-15-17-9-7-8-14-20(17)21/h1-16H. The summed E-state index contributed by atoms with van der Waals surface area (Å²) in [5.41, 5.74) is 2.73. The van der Waals surface area contributed by atoms with E-state index in [1.807, 2.05) is 0 Å². The van der Waals surface area contributed by atoms with Gasteiger partial charge in [-0.05, 0) is 26.7 Å². The van der Waals surface area contributed by atoms with Gasteiger partial charge >= 0.3 is 0 Å². The first-order valence-electron chi connectivity index (χ1n) is 7.56. The Kier molecular flexibility index (Phi) is 3.41. The minimum atomic E-state index is -0.959. The summed E-state index contributed by atoms with van der Waals surface area (Å²) in [7, 11) is -0.959. The lowest BCUT2D eigenvalue weighted by molar-refractivity contribution is 1.65. The van der Waals surface area contributed by atoms with Crippen LogP contribution in [0.3, 0.4) is 0 Å². The normalized spacial score (nSPS) is 12.3. The highest BCUT2D eigenvalue weighted by molar-refractivity contribution is 6.95. The highest BCUT2D eigenvalue weighted by atomic mass is 28.2. The van der Waals surface area contributed by atoms with Crippen LogP contribution in [0.25, 0.3) is 6.08 Å². The molecule has 1 heteroatoms. The van der Waals surface area contributed by atoms with Gasteiger partial charge in [0.25, 0.3) is 0 Å². The van der Waals surface area contributed by atoms with E-state index in [1.54, 1.807) is 0 Å². The molecule has 0 N–H and O–H groups in total. The quantitative estimate of drug-likeness (QED) is 0.637. The Labute approximate surface area is 132 Å². The first-order chi connectivity index (χ1) is 10.9. The molecule has 0 saturated carbocycles. The second-order valence-electron chi connectivity index (χ2n) is 5.44. The molecule has 0 spiro atoms. The number of fused-ring (bicyclic) bond motifs is 1. The third kappa shape index (κ3) is 2.30. The molecule has 0 unspecified atom stereocenters. The zero-order valence-electron chi connectivity index (χ0n) is 12.2. The molecule has 22 heavy (non-hydrogen) atoms. The number of allylic oxidation sites excluding steroid dienone is 1. The first-order valence-corrected chi connectivity index (χ1v) is 9.06. The highest BCUT2D eigenvalue weighted by Crippen LogP contribution is 2.19. The fourth-order valence-corrected chi connectivity index (χ4v) is 5.81. The van der Waals surface area contributed by atoms with Gasteiger partial charge in [-0.1, -0.05) is 97.1 Å². The van der Waals surface area contributed by atoms with Gasteiger partial charge in [-0.25, -0.2) is 0 Å². The topological polar surface area (TPSA) is 0 Å². The van der Waals surface area contributed by atoms with Crippen LogP contribution in [0.1, 0.15) is 11.1 Å². The maximum absolute atomic E-state index is 2.32. The van der Waals surface area contributed by atoms with Gasteiger partial charge in [-0.15, -0.1) is 0 Å². The molecular formula is C21H16Si.